The first-order valence-corrected chi connectivity index (χ1v) is 5.89. The van der Waals surface area contributed by atoms with Crippen molar-refractivity contribution < 1.29 is 18.4 Å². The number of hydrogen-bond donors (Lipinski definition) is 1. The van der Waals surface area contributed by atoms with E-state index in [-0.39, 0.29) is 5.03 Å². The summed E-state index contributed by atoms with van der Waals surface area (Å²) in [7, 11) is -3.64. The molecule has 1 aromatic heterocycles. The van der Waals surface area contributed by atoms with Gasteiger partial charge >= 0.3 is 5.69 Å². The number of aromatic hydroxyl groups is 1. The molecule has 88 valence electrons. The Bertz CT molecular complexity index is 523. The third-order valence-electron chi connectivity index (χ3n) is 1.94. The van der Waals surface area contributed by atoms with E-state index in [1.807, 2.05) is 0 Å². The zero-order chi connectivity index (χ0) is 12.5. The van der Waals surface area contributed by atoms with E-state index in [2.05, 4.69) is 4.98 Å². The minimum absolute atomic E-state index is 0.370. The molecular formula is C8H10N2O5S. The molecular weight excluding hydrogens is 236 g/mol. The molecule has 0 aliphatic heterocycles. The fourth-order valence-electron chi connectivity index (χ4n) is 0.966. The zero-order valence-electron chi connectivity index (χ0n) is 8.61. The molecule has 0 saturated carbocycles. The van der Waals surface area contributed by atoms with Crippen molar-refractivity contribution in [3.8, 4) is 5.88 Å². The lowest BCUT2D eigenvalue weighted by Gasteiger charge is -2.06. The highest BCUT2D eigenvalue weighted by Gasteiger charge is 2.24. The molecule has 0 aliphatic rings. The smallest absolute Gasteiger partial charge is 0.330 e. The number of pyridine rings is 1. The van der Waals surface area contributed by atoms with Gasteiger partial charge in [0.15, 0.2) is 14.9 Å². The molecule has 0 unspecified atom stereocenters. The van der Waals surface area contributed by atoms with Crippen LogP contribution < -0.4 is 0 Å². The maximum Gasteiger partial charge on any atom is 0.330 e. The summed E-state index contributed by atoms with van der Waals surface area (Å²) in [4.78, 5) is 12.8. The maximum atomic E-state index is 11.6. The van der Waals surface area contributed by atoms with Crippen molar-refractivity contribution in [2.45, 2.75) is 24.1 Å². The molecule has 0 saturated heterocycles. The van der Waals surface area contributed by atoms with E-state index in [1.165, 1.54) is 13.8 Å². The summed E-state index contributed by atoms with van der Waals surface area (Å²) >= 11 is 0. The lowest BCUT2D eigenvalue weighted by atomic mass is 10.4. The van der Waals surface area contributed by atoms with Gasteiger partial charge in [-0.25, -0.2) is 8.42 Å². The van der Waals surface area contributed by atoms with Gasteiger partial charge in [-0.05, 0) is 19.9 Å². The Morgan fingerprint density at radius 3 is 2.38 bits per heavy atom. The van der Waals surface area contributed by atoms with Crippen LogP contribution in [0.1, 0.15) is 13.8 Å². The van der Waals surface area contributed by atoms with Gasteiger partial charge in [-0.2, -0.15) is 4.98 Å². The van der Waals surface area contributed by atoms with E-state index < -0.39 is 31.6 Å². The first kappa shape index (κ1) is 12.4. The lowest BCUT2D eigenvalue weighted by Crippen LogP contribution is -2.15. The molecule has 1 aromatic rings. The van der Waals surface area contributed by atoms with Gasteiger partial charge in [-0.3, -0.25) is 10.1 Å². The summed E-state index contributed by atoms with van der Waals surface area (Å²) in [6.45, 7) is 2.91. The fourth-order valence-corrected chi connectivity index (χ4v) is 1.92. The van der Waals surface area contributed by atoms with Gasteiger partial charge in [0.05, 0.1) is 10.2 Å². The van der Waals surface area contributed by atoms with Crippen LogP contribution in [-0.2, 0) is 9.84 Å². The third-order valence-corrected chi connectivity index (χ3v) is 3.99. The Kier molecular flexibility index (Phi) is 3.13. The predicted octanol–water partition coefficient (Wildman–Crippen LogP) is 0.877. The molecule has 16 heavy (non-hydrogen) atoms. The van der Waals surface area contributed by atoms with Crippen LogP contribution >= 0.6 is 0 Å². The molecule has 1 N–H and O–H groups in total. The quantitative estimate of drug-likeness (QED) is 0.626. The van der Waals surface area contributed by atoms with Gasteiger partial charge in [0.25, 0.3) is 5.88 Å². The van der Waals surface area contributed by atoms with Crippen LogP contribution in [0, 0.1) is 10.1 Å². The van der Waals surface area contributed by atoms with Crippen LogP contribution in [0.15, 0.2) is 17.2 Å². The first-order valence-electron chi connectivity index (χ1n) is 4.35. The van der Waals surface area contributed by atoms with Gasteiger partial charge in [0.1, 0.15) is 0 Å². The average molecular weight is 246 g/mol. The number of hydrogen-bond acceptors (Lipinski definition) is 6. The zero-order valence-corrected chi connectivity index (χ0v) is 9.43. The predicted molar refractivity (Wildman–Crippen MR) is 54.9 cm³/mol. The second kappa shape index (κ2) is 4.05. The Morgan fingerprint density at radius 2 is 2.00 bits per heavy atom. The van der Waals surface area contributed by atoms with Crippen molar-refractivity contribution in [3.05, 3.63) is 22.2 Å². The third kappa shape index (κ3) is 2.11. The SMILES string of the molecule is CC(C)S(=O)(=O)c1ccc([N+](=O)[O-])c(O)n1. The van der Waals surface area contributed by atoms with Gasteiger partial charge < -0.3 is 5.11 Å². The Hall–Kier alpha value is -1.70. The fraction of sp³-hybridized carbons (Fsp3) is 0.375. The highest BCUT2D eigenvalue weighted by molar-refractivity contribution is 7.91. The summed E-state index contributed by atoms with van der Waals surface area (Å²) in [5, 5.41) is 18.5. The van der Waals surface area contributed by atoms with Gasteiger partial charge in [-0.15, -0.1) is 0 Å². The van der Waals surface area contributed by atoms with E-state index >= 15 is 0 Å². The van der Waals surface area contributed by atoms with E-state index in [0.717, 1.165) is 12.1 Å². The van der Waals surface area contributed by atoms with Gasteiger partial charge in [0.2, 0.25) is 0 Å². The van der Waals surface area contributed by atoms with Crippen molar-refractivity contribution in [1.29, 1.82) is 0 Å². The summed E-state index contributed by atoms with van der Waals surface area (Å²) < 4.78 is 23.2. The molecule has 0 aromatic carbocycles. The van der Waals surface area contributed by atoms with Gasteiger partial charge in [-0.1, -0.05) is 0 Å². The van der Waals surface area contributed by atoms with E-state index in [9.17, 15) is 23.6 Å². The normalized spacial score (nSPS) is 11.7. The molecule has 1 rings (SSSR count). The molecule has 0 fully saturated rings. The maximum absolute atomic E-state index is 11.6. The molecule has 1 heterocycles. The second-order valence-electron chi connectivity index (χ2n) is 3.34. The van der Waals surface area contributed by atoms with E-state index in [4.69, 9.17) is 0 Å². The minimum atomic E-state index is -3.64. The summed E-state index contributed by atoms with van der Waals surface area (Å²) in [6, 6.07) is 1.92. The van der Waals surface area contributed by atoms with Crippen LogP contribution in [0.3, 0.4) is 0 Å². The van der Waals surface area contributed by atoms with Crippen LogP contribution in [0.25, 0.3) is 0 Å². The summed E-state index contributed by atoms with van der Waals surface area (Å²) in [5.74, 6) is -0.897. The molecule has 0 spiro atoms. The molecule has 8 heteroatoms. The second-order valence-corrected chi connectivity index (χ2v) is 5.79. The Balaban J connectivity index is 3.32. The van der Waals surface area contributed by atoms with Crippen molar-refractivity contribution in [2.75, 3.05) is 0 Å². The number of nitrogens with zero attached hydrogens (tertiary/aromatic N) is 2. The Labute approximate surface area is 91.8 Å². The highest BCUT2D eigenvalue weighted by atomic mass is 32.2. The van der Waals surface area contributed by atoms with Crippen molar-refractivity contribution in [1.82, 2.24) is 4.98 Å². The number of nitro groups is 1. The topological polar surface area (TPSA) is 110 Å². The molecule has 7 nitrogen and oxygen atoms in total. The summed E-state index contributed by atoms with van der Waals surface area (Å²) in [6.07, 6.45) is 0. The molecule has 0 radical (unpaired) electrons. The van der Waals surface area contributed by atoms with Crippen LogP contribution in [0.2, 0.25) is 0 Å². The van der Waals surface area contributed by atoms with Crippen molar-refractivity contribution >= 4 is 15.5 Å². The average Bonchev–Trinajstić information content (AvgIpc) is 2.16. The summed E-state index contributed by atoms with van der Waals surface area (Å²) in [5.41, 5.74) is -0.622. The largest absolute Gasteiger partial charge is 0.488 e. The number of sulfone groups is 1. The molecule has 0 aliphatic carbocycles. The minimum Gasteiger partial charge on any atom is -0.488 e. The first-order chi connectivity index (χ1) is 7.26. The highest BCUT2D eigenvalue weighted by Crippen LogP contribution is 2.25. The lowest BCUT2D eigenvalue weighted by molar-refractivity contribution is -0.386. The van der Waals surface area contributed by atoms with Gasteiger partial charge in [0, 0.05) is 6.07 Å². The van der Waals surface area contributed by atoms with Crippen molar-refractivity contribution in [2.24, 2.45) is 0 Å². The Morgan fingerprint density at radius 1 is 1.44 bits per heavy atom. The molecule has 0 bridgehead atoms. The standard InChI is InChI=1S/C8H10N2O5S/c1-5(2)16(14,15)7-4-3-6(10(12)13)8(11)9-7/h3-5H,1-2H3,(H,9,11). The molecule has 0 amide bonds. The van der Waals surface area contributed by atoms with Crippen molar-refractivity contribution in [3.63, 3.8) is 0 Å². The number of aromatic nitrogens is 1. The monoisotopic (exact) mass is 246 g/mol. The van der Waals surface area contributed by atoms with Crippen LogP contribution in [-0.4, -0.2) is 28.7 Å². The van der Waals surface area contributed by atoms with Crippen LogP contribution in [0.4, 0.5) is 5.69 Å². The number of rotatable bonds is 3. The van der Waals surface area contributed by atoms with Crippen LogP contribution in [0.5, 0.6) is 5.88 Å². The van der Waals surface area contributed by atoms with E-state index in [0.29, 0.717) is 0 Å². The molecule has 0 atom stereocenters. The van der Waals surface area contributed by atoms with E-state index in [1.54, 1.807) is 0 Å².